The van der Waals surface area contributed by atoms with Gasteiger partial charge in [-0.1, -0.05) is 24.3 Å². The molecule has 24 heavy (non-hydrogen) atoms. The summed E-state index contributed by atoms with van der Waals surface area (Å²) in [7, 11) is 1.44. The smallest absolute Gasteiger partial charge is 0.277 e. The maximum Gasteiger partial charge on any atom is 0.277 e. The molecule has 0 fully saturated rings. The number of hydrogen-bond acceptors (Lipinski definition) is 3. The lowest BCUT2D eigenvalue weighted by Gasteiger charge is -2.13. The van der Waals surface area contributed by atoms with Crippen molar-refractivity contribution in [1.82, 2.24) is 4.90 Å². The van der Waals surface area contributed by atoms with Crippen molar-refractivity contribution in [2.45, 2.75) is 13.8 Å². The zero-order valence-corrected chi connectivity index (χ0v) is 13.7. The number of hydrogen-bond donors (Lipinski definition) is 1. The van der Waals surface area contributed by atoms with E-state index in [1.165, 1.54) is 31.3 Å². The summed E-state index contributed by atoms with van der Waals surface area (Å²) in [5.74, 6) is -1.20. The molecular weight excluding hydrogens is 307 g/mol. The Kier molecular flexibility index (Phi) is 3.93. The second kappa shape index (κ2) is 5.92. The van der Waals surface area contributed by atoms with Gasteiger partial charge in [0.05, 0.1) is 5.57 Å². The lowest BCUT2D eigenvalue weighted by Crippen LogP contribution is -2.28. The van der Waals surface area contributed by atoms with E-state index in [1.807, 2.05) is 32.0 Å². The van der Waals surface area contributed by atoms with E-state index in [-0.39, 0.29) is 11.3 Å². The number of amides is 2. The van der Waals surface area contributed by atoms with Crippen LogP contribution in [-0.2, 0) is 9.59 Å². The molecule has 1 N–H and O–H groups in total. The van der Waals surface area contributed by atoms with Crippen LogP contribution in [-0.4, -0.2) is 23.8 Å². The van der Waals surface area contributed by atoms with Crippen LogP contribution in [0.2, 0.25) is 0 Å². The number of anilines is 1. The highest BCUT2D eigenvalue weighted by molar-refractivity contribution is 6.36. The minimum atomic E-state index is -0.403. The molecule has 0 saturated heterocycles. The molecule has 122 valence electrons. The molecule has 0 radical (unpaired) electrons. The van der Waals surface area contributed by atoms with Crippen LogP contribution in [0.25, 0.3) is 5.57 Å². The predicted molar refractivity (Wildman–Crippen MR) is 90.6 cm³/mol. The van der Waals surface area contributed by atoms with E-state index in [4.69, 9.17) is 0 Å². The summed E-state index contributed by atoms with van der Waals surface area (Å²) in [5, 5.41) is 3.10. The summed E-state index contributed by atoms with van der Waals surface area (Å²) in [6.07, 6.45) is 0. The summed E-state index contributed by atoms with van der Waals surface area (Å²) in [6, 6.07) is 11.3. The zero-order valence-electron chi connectivity index (χ0n) is 13.7. The van der Waals surface area contributed by atoms with E-state index in [2.05, 4.69) is 5.32 Å². The Morgan fingerprint density at radius 2 is 1.62 bits per heavy atom. The van der Waals surface area contributed by atoms with E-state index in [1.54, 1.807) is 0 Å². The molecule has 0 aromatic heterocycles. The molecule has 0 saturated carbocycles. The van der Waals surface area contributed by atoms with Gasteiger partial charge in [-0.15, -0.1) is 0 Å². The van der Waals surface area contributed by atoms with Crippen molar-refractivity contribution in [3.63, 3.8) is 0 Å². The van der Waals surface area contributed by atoms with Crippen LogP contribution in [0.15, 0.2) is 48.2 Å². The summed E-state index contributed by atoms with van der Waals surface area (Å²) in [4.78, 5) is 26.0. The Morgan fingerprint density at radius 1 is 0.958 bits per heavy atom. The SMILES string of the molecule is Cc1cccc(NC2=C(c3ccc(F)cc3)C(=O)N(C)C2=O)c1C. The van der Waals surface area contributed by atoms with Gasteiger partial charge in [-0.05, 0) is 48.7 Å². The molecule has 0 atom stereocenters. The number of benzene rings is 2. The highest BCUT2D eigenvalue weighted by Gasteiger charge is 2.36. The van der Waals surface area contributed by atoms with Crippen LogP contribution in [0.4, 0.5) is 10.1 Å². The van der Waals surface area contributed by atoms with Crippen molar-refractivity contribution in [1.29, 1.82) is 0 Å². The first-order chi connectivity index (χ1) is 11.4. The average molecular weight is 324 g/mol. The molecule has 0 bridgehead atoms. The number of imide groups is 1. The number of halogens is 1. The van der Waals surface area contributed by atoms with Crippen LogP contribution in [0, 0.1) is 19.7 Å². The Hall–Kier alpha value is -2.95. The highest BCUT2D eigenvalue weighted by atomic mass is 19.1. The lowest BCUT2D eigenvalue weighted by molar-refractivity contribution is -0.135. The zero-order chi connectivity index (χ0) is 17.4. The molecule has 2 amide bonds. The molecule has 3 rings (SSSR count). The maximum atomic E-state index is 13.2. The van der Waals surface area contributed by atoms with Crippen molar-refractivity contribution in [2.75, 3.05) is 12.4 Å². The molecule has 1 aliphatic heterocycles. The summed E-state index contributed by atoms with van der Waals surface area (Å²) in [5.41, 5.74) is 3.81. The third-order valence-corrected chi connectivity index (χ3v) is 4.28. The van der Waals surface area contributed by atoms with Gasteiger partial charge in [-0.3, -0.25) is 14.5 Å². The van der Waals surface area contributed by atoms with Crippen molar-refractivity contribution in [2.24, 2.45) is 0 Å². The Bertz CT molecular complexity index is 869. The number of carbonyl (C=O) groups is 2. The Balaban J connectivity index is 2.12. The van der Waals surface area contributed by atoms with Gasteiger partial charge < -0.3 is 5.32 Å². The number of aryl methyl sites for hydroxylation is 1. The van der Waals surface area contributed by atoms with Crippen molar-refractivity contribution < 1.29 is 14.0 Å². The minimum Gasteiger partial charge on any atom is -0.350 e. The minimum absolute atomic E-state index is 0.211. The molecule has 1 heterocycles. The molecular formula is C19H17FN2O2. The normalized spacial score (nSPS) is 14.6. The molecule has 0 spiro atoms. The van der Waals surface area contributed by atoms with Gasteiger partial charge in [-0.25, -0.2) is 4.39 Å². The first-order valence-electron chi connectivity index (χ1n) is 7.56. The molecule has 1 aliphatic rings. The number of likely N-dealkylation sites (N-methyl/N-ethyl adjacent to an activating group) is 1. The van der Waals surface area contributed by atoms with Crippen molar-refractivity contribution in [3.05, 3.63) is 70.7 Å². The van der Waals surface area contributed by atoms with Crippen LogP contribution in [0.3, 0.4) is 0 Å². The van der Waals surface area contributed by atoms with Crippen molar-refractivity contribution in [3.8, 4) is 0 Å². The van der Waals surface area contributed by atoms with E-state index >= 15 is 0 Å². The number of nitrogens with zero attached hydrogens (tertiary/aromatic N) is 1. The van der Waals surface area contributed by atoms with Gasteiger partial charge in [0, 0.05) is 12.7 Å². The fourth-order valence-electron chi connectivity index (χ4n) is 2.66. The van der Waals surface area contributed by atoms with E-state index < -0.39 is 17.6 Å². The average Bonchev–Trinajstić information content (AvgIpc) is 2.77. The van der Waals surface area contributed by atoms with Gasteiger partial charge in [-0.2, -0.15) is 0 Å². The van der Waals surface area contributed by atoms with Crippen molar-refractivity contribution >= 4 is 23.1 Å². The fourth-order valence-corrected chi connectivity index (χ4v) is 2.66. The quantitative estimate of drug-likeness (QED) is 0.882. The first-order valence-corrected chi connectivity index (χ1v) is 7.56. The lowest BCUT2D eigenvalue weighted by atomic mass is 10.0. The van der Waals surface area contributed by atoms with Gasteiger partial charge in [0.1, 0.15) is 11.5 Å². The van der Waals surface area contributed by atoms with Crippen LogP contribution in [0.1, 0.15) is 16.7 Å². The second-order valence-corrected chi connectivity index (χ2v) is 5.80. The van der Waals surface area contributed by atoms with E-state index in [0.717, 1.165) is 21.7 Å². The first kappa shape index (κ1) is 15.9. The van der Waals surface area contributed by atoms with E-state index in [9.17, 15) is 14.0 Å². The summed E-state index contributed by atoms with van der Waals surface area (Å²) < 4.78 is 13.2. The predicted octanol–water partition coefficient (Wildman–Crippen LogP) is 3.26. The Labute approximate surface area is 139 Å². The summed E-state index contributed by atoms with van der Waals surface area (Å²) in [6.45, 7) is 3.92. The van der Waals surface area contributed by atoms with Gasteiger partial charge in [0.15, 0.2) is 0 Å². The molecule has 0 unspecified atom stereocenters. The fraction of sp³-hybridized carbons (Fsp3) is 0.158. The molecule has 5 heteroatoms. The van der Waals surface area contributed by atoms with Crippen LogP contribution in [0.5, 0.6) is 0 Å². The van der Waals surface area contributed by atoms with Crippen LogP contribution < -0.4 is 5.32 Å². The standard InChI is InChI=1S/C19H17FN2O2/c1-11-5-4-6-15(12(11)2)21-17-16(18(23)22(3)19(17)24)13-7-9-14(20)10-8-13/h4-10,21H,1-3H3. The molecule has 4 nitrogen and oxygen atoms in total. The monoisotopic (exact) mass is 324 g/mol. The van der Waals surface area contributed by atoms with Gasteiger partial charge >= 0.3 is 0 Å². The molecule has 0 aliphatic carbocycles. The maximum absolute atomic E-state index is 13.2. The van der Waals surface area contributed by atoms with Gasteiger partial charge in [0.25, 0.3) is 11.8 Å². The third-order valence-electron chi connectivity index (χ3n) is 4.28. The number of rotatable bonds is 3. The molecule has 2 aromatic rings. The topological polar surface area (TPSA) is 49.4 Å². The summed E-state index contributed by atoms with van der Waals surface area (Å²) >= 11 is 0. The van der Waals surface area contributed by atoms with Crippen LogP contribution >= 0.6 is 0 Å². The third kappa shape index (κ3) is 2.58. The second-order valence-electron chi connectivity index (χ2n) is 5.80. The molecule has 2 aromatic carbocycles. The highest BCUT2D eigenvalue weighted by Crippen LogP contribution is 2.31. The Morgan fingerprint density at radius 3 is 2.29 bits per heavy atom. The van der Waals surface area contributed by atoms with E-state index in [0.29, 0.717) is 5.56 Å². The number of nitrogens with one attached hydrogen (secondary N) is 1. The number of carbonyl (C=O) groups excluding carboxylic acids is 2. The van der Waals surface area contributed by atoms with Gasteiger partial charge in [0.2, 0.25) is 0 Å². The largest absolute Gasteiger partial charge is 0.350 e.